The summed E-state index contributed by atoms with van der Waals surface area (Å²) in [6.45, 7) is 3.48. The molecule has 4 rings (SSSR count). The predicted molar refractivity (Wildman–Crippen MR) is 136 cm³/mol. The van der Waals surface area contributed by atoms with Gasteiger partial charge in [-0.25, -0.2) is 9.97 Å². The number of rotatable bonds is 10. The van der Waals surface area contributed by atoms with E-state index in [1.165, 1.54) is 11.3 Å². The smallest absolute Gasteiger partial charge is 0.183 e. The highest BCUT2D eigenvalue weighted by Crippen LogP contribution is 2.34. The van der Waals surface area contributed by atoms with Gasteiger partial charge in [-0.05, 0) is 44.6 Å². The van der Waals surface area contributed by atoms with Gasteiger partial charge in [0.15, 0.2) is 5.13 Å². The fourth-order valence-electron chi connectivity index (χ4n) is 4.54. The highest BCUT2D eigenvalue weighted by atomic mass is 35.5. The van der Waals surface area contributed by atoms with Gasteiger partial charge in [0.25, 0.3) is 0 Å². The fraction of sp³-hybridized carbons (Fsp3) is 0.625. The van der Waals surface area contributed by atoms with Crippen LogP contribution in [0, 0.1) is 16.7 Å². The molecule has 2 fully saturated rings. The number of halogens is 1. The number of pyridine rings is 1. The minimum Gasteiger partial charge on any atom is -0.383 e. The number of nitrogens with one attached hydrogen (secondary N) is 3. The zero-order chi connectivity index (χ0) is 23.8. The van der Waals surface area contributed by atoms with E-state index in [0.29, 0.717) is 36.9 Å². The molecule has 0 radical (unpaired) electrons. The van der Waals surface area contributed by atoms with Crippen LogP contribution < -0.4 is 16.0 Å². The quantitative estimate of drug-likeness (QED) is 0.405. The largest absolute Gasteiger partial charge is 0.383 e. The number of ether oxygens (including phenoxy) is 2. The molecule has 184 valence electrons. The van der Waals surface area contributed by atoms with Gasteiger partial charge in [-0.2, -0.15) is 5.26 Å². The molecule has 3 N–H and O–H groups in total. The minimum atomic E-state index is -0.395. The van der Waals surface area contributed by atoms with Crippen LogP contribution in [0.2, 0.25) is 5.02 Å². The second-order valence-corrected chi connectivity index (χ2v) is 10.4. The Morgan fingerprint density at radius 1 is 1.26 bits per heavy atom. The minimum absolute atomic E-state index is 0.395. The highest BCUT2D eigenvalue weighted by molar-refractivity contribution is 7.14. The second-order valence-electron chi connectivity index (χ2n) is 9.09. The number of thiazole rings is 1. The number of nitrogens with zero attached hydrogens (tertiary/aromatic N) is 3. The summed E-state index contributed by atoms with van der Waals surface area (Å²) in [6.07, 6.45) is 7.65. The molecule has 1 saturated heterocycles. The Hall–Kier alpha value is -1.96. The van der Waals surface area contributed by atoms with Crippen molar-refractivity contribution in [3.8, 4) is 17.3 Å². The molecule has 0 bridgehead atoms. The van der Waals surface area contributed by atoms with Crippen molar-refractivity contribution in [1.82, 2.24) is 15.3 Å². The molecule has 1 aliphatic heterocycles. The van der Waals surface area contributed by atoms with Crippen LogP contribution in [0.4, 0.5) is 10.9 Å². The van der Waals surface area contributed by atoms with Crippen molar-refractivity contribution in [2.45, 2.75) is 50.6 Å². The van der Waals surface area contributed by atoms with Crippen molar-refractivity contribution in [2.24, 2.45) is 5.41 Å². The van der Waals surface area contributed by atoms with Gasteiger partial charge in [0, 0.05) is 62.6 Å². The van der Waals surface area contributed by atoms with Crippen LogP contribution >= 0.6 is 22.9 Å². The zero-order valence-electron chi connectivity index (χ0n) is 19.6. The van der Waals surface area contributed by atoms with E-state index in [2.05, 4.69) is 27.0 Å². The molecule has 1 saturated carbocycles. The molecular formula is C24H33ClN6O2S. The standard InChI is InChI=1S/C24H33ClN6O2S/c1-32-11-8-27-17-2-4-18(5-3-17)30-22-12-19(20(25)13-28-22)21-14-34-23(31-21)29-16-24(15-26)6-9-33-10-7-24/h12-14,17-18,27H,2-11,16H2,1H3,(H,28,30)(H,29,31). The van der Waals surface area contributed by atoms with Gasteiger partial charge < -0.3 is 25.4 Å². The molecule has 3 heterocycles. The van der Waals surface area contributed by atoms with Crippen molar-refractivity contribution >= 4 is 33.9 Å². The highest BCUT2D eigenvalue weighted by Gasteiger charge is 2.32. The Morgan fingerprint density at radius 3 is 2.76 bits per heavy atom. The maximum absolute atomic E-state index is 9.66. The van der Waals surface area contributed by atoms with Crippen molar-refractivity contribution in [3.63, 3.8) is 0 Å². The Bertz CT molecular complexity index is 967. The lowest BCUT2D eigenvalue weighted by molar-refractivity contribution is 0.0456. The Morgan fingerprint density at radius 2 is 2.03 bits per heavy atom. The third-order valence-corrected chi connectivity index (χ3v) is 7.82. The molecule has 0 atom stereocenters. The molecule has 34 heavy (non-hydrogen) atoms. The summed E-state index contributed by atoms with van der Waals surface area (Å²) in [5, 5.41) is 23.5. The monoisotopic (exact) mass is 504 g/mol. The van der Waals surface area contributed by atoms with Crippen molar-refractivity contribution in [1.29, 1.82) is 5.26 Å². The number of methoxy groups -OCH3 is 1. The second kappa shape index (κ2) is 12.1. The third-order valence-electron chi connectivity index (χ3n) is 6.72. The molecule has 0 aromatic carbocycles. The first-order valence-corrected chi connectivity index (χ1v) is 13.2. The summed E-state index contributed by atoms with van der Waals surface area (Å²) in [6, 6.07) is 5.43. The lowest BCUT2D eigenvalue weighted by atomic mass is 9.82. The van der Waals surface area contributed by atoms with E-state index in [0.717, 1.165) is 73.9 Å². The summed E-state index contributed by atoms with van der Waals surface area (Å²) in [4.78, 5) is 9.23. The first-order valence-electron chi connectivity index (χ1n) is 11.9. The van der Waals surface area contributed by atoms with Crippen molar-refractivity contribution in [2.75, 3.05) is 50.7 Å². The van der Waals surface area contributed by atoms with Crippen LogP contribution in [0.15, 0.2) is 17.6 Å². The maximum Gasteiger partial charge on any atom is 0.183 e. The van der Waals surface area contributed by atoms with Crippen LogP contribution in [0.3, 0.4) is 0 Å². The summed E-state index contributed by atoms with van der Waals surface area (Å²) in [5.41, 5.74) is 1.28. The maximum atomic E-state index is 9.66. The Kier molecular flexibility index (Phi) is 8.98. The van der Waals surface area contributed by atoms with E-state index < -0.39 is 5.41 Å². The fourth-order valence-corrected chi connectivity index (χ4v) is 5.45. The topological polar surface area (TPSA) is 104 Å². The zero-order valence-corrected chi connectivity index (χ0v) is 21.2. The molecule has 2 aliphatic rings. The number of hydrogen-bond acceptors (Lipinski definition) is 9. The molecule has 2 aromatic heterocycles. The van der Waals surface area contributed by atoms with Gasteiger partial charge in [0.05, 0.1) is 28.8 Å². The number of anilines is 2. The third kappa shape index (κ3) is 6.58. The van der Waals surface area contributed by atoms with E-state index >= 15 is 0 Å². The number of aromatic nitrogens is 2. The average molecular weight is 505 g/mol. The van der Waals surface area contributed by atoms with E-state index in [-0.39, 0.29) is 0 Å². The van der Waals surface area contributed by atoms with E-state index in [1.807, 2.05) is 11.4 Å². The summed E-state index contributed by atoms with van der Waals surface area (Å²) in [5.74, 6) is 0.823. The van der Waals surface area contributed by atoms with Gasteiger partial charge in [0.1, 0.15) is 5.82 Å². The molecule has 8 nitrogen and oxygen atoms in total. The number of nitriles is 1. The van der Waals surface area contributed by atoms with Crippen LogP contribution in [0.1, 0.15) is 38.5 Å². The molecule has 0 amide bonds. The first-order chi connectivity index (χ1) is 16.6. The predicted octanol–water partition coefficient (Wildman–Crippen LogP) is 4.55. The average Bonchev–Trinajstić information content (AvgIpc) is 3.35. The first kappa shape index (κ1) is 25.1. The summed E-state index contributed by atoms with van der Waals surface area (Å²) < 4.78 is 10.5. The van der Waals surface area contributed by atoms with Gasteiger partial charge >= 0.3 is 0 Å². The van der Waals surface area contributed by atoms with Crippen LogP contribution in [-0.2, 0) is 9.47 Å². The van der Waals surface area contributed by atoms with Crippen LogP contribution in [0.5, 0.6) is 0 Å². The van der Waals surface area contributed by atoms with Crippen LogP contribution in [-0.4, -0.2) is 62.1 Å². The molecule has 10 heteroatoms. The lowest BCUT2D eigenvalue weighted by Gasteiger charge is -2.30. The van der Waals surface area contributed by atoms with Gasteiger partial charge in [-0.1, -0.05) is 11.6 Å². The Labute approximate surface area is 210 Å². The molecule has 0 unspecified atom stereocenters. The normalized spacial score (nSPS) is 22.1. The molecule has 0 spiro atoms. The number of hydrogen-bond donors (Lipinski definition) is 3. The van der Waals surface area contributed by atoms with Gasteiger partial charge in [-0.15, -0.1) is 11.3 Å². The van der Waals surface area contributed by atoms with Gasteiger partial charge in [0.2, 0.25) is 0 Å². The van der Waals surface area contributed by atoms with Crippen molar-refractivity contribution < 1.29 is 9.47 Å². The molecular weight excluding hydrogens is 472 g/mol. The lowest BCUT2D eigenvalue weighted by Crippen LogP contribution is -2.38. The van der Waals surface area contributed by atoms with Crippen LogP contribution in [0.25, 0.3) is 11.3 Å². The summed E-state index contributed by atoms with van der Waals surface area (Å²) >= 11 is 8.01. The van der Waals surface area contributed by atoms with Gasteiger partial charge in [-0.3, -0.25) is 0 Å². The van der Waals surface area contributed by atoms with E-state index in [4.69, 9.17) is 26.1 Å². The van der Waals surface area contributed by atoms with E-state index in [9.17, 15) is 5.26 Å². The molecule has 1 aliphatic carbocycles. The SMILES string of the molecule is COCCNC1CCC(Nc2cc(-c3csc(NCC4(C#N)CCOCC4)n3)c(Cl)cn2)CC1. The Balaban J connectivity index is 1.34. The molecule has 2 aromatic rings. The van der Waals surface area contributed by atoms with E-state index in [1.54, 1.807) is 13.3 Å². The van der Waals surface area contributed by atoms with Crippen molar-refractivity contribution in [3.05, 3.63) is 22.7 Å². The summed E-state index contributed by atoms with van der Waals surface area (Å²) in [7, 11) is 1.73.